The largest absolute Gasteiger partial charge is 0.331 e. The molecule has 0 bridgehead atoms. The molecule has 1 nitrogen and oxygen atoms in total. The molecule has 0 atom stereocenters. The summed E-state index contributed by atoms with van der Waals surface area (Å²) in [7, 11) is 0. The van der Waals surface area contributed by atoms with Crippen molar-refractivity contribution in [3.8, 4) is 0 Å². The minimum absolute atomic E-state index is 0. The van der Waals surface area contributed by atoms with Crippen molar-refractivity contribution in [1.29, 1.82) is 0 Å². The third kappa shape index (κ3) is 206. The van der Waals surface area contributed by atoms with Crippen LogP contribution in [0.15, 0.2) is 0 Å². The lowest BCUT2D eigenvalue weighted by Gasteiger charge is -1.53. The van der Waals surface area contributed by atoms with Crippen LogP contribution in [0.4, 0.5) is 0 Å². The van der Waals surface area contributed by atoms with Crippen LogP contribution >= 0.6 is 37.2 Å². The zero-order valence-electron chi connectivity index (χ0n) is 3.51. The van der Waals surface area contributed by atoms with E-state index in [0.29, 0.717) is 0 Å². The normalized spacial score (nSPS) is 2.57. The molecule has 0 amide bonds. The van der Waals surface area contributed by atoms with Crippen molar-refractivity contribution in [3.05, 3.63) is 0 Å². The van der Waals surface area contributed by atoms with Gasteiger partial charge < -0.3 is 5.73 Å². The molecule has 0 aromatic carbocycles. The zero-order chi connectivity index (χ0) is 2.71. The molecule has 0 aliphatic rings. The molecule has 0 spiro atoms. The first-order valence-electron chi connectivity index (χ1n) is 1.12. The summed E-state index contributed by atoms with van der Waals surface area (Å²) in [5.74, 6) is 0. The zero-order valence-corrected chi connectivity index (χ0v) is 5.96. The second-order valence-electron chi connectivity index (χ2n) is 0.408. The third-order valence-corrected chi connectivity index (χ3v) is 0. The van der Waals surface area contributed by atoms with Crippen LogP contribution in [0, 0.1) is 0 Å². The molecule has 0 aromatic rings. The summed E-state index contributed by atoms with van der Waals surface area (Å²) in [4.78, 5) is 0. The Hall–Kier alpha value is 0.895. The Kier molecular flexibility index (Phi) is 427. The van der Waals surface area contributed by atoms with Gasteiger partial charge in [0.15, 0.2) is 0 Å². The van der Waals surface area contributed by atoms with Crippen molar-refractivity contribution in [2.24, 2.45) is 5.73 Å². The van der Waals surface area contributed by atoms with Crippen LogP contribution in [0.2, 0.25) is 0 Å². The molecule has 0 aliphatic heterocycles. The molecule has 0 radical (unpaired) electrons. The number of hydrogen-bond donors (Lipinski definition) is 1. The molecule has 0 aromatic heterocycles. The van der Waals surface area contributed by atoms with Crippen LogP contribution in [-0.2, 0) is 0 Å². The summed E-state index contributed by atoms with van der Waals surface area (Å²) in [6.45, 7) is 2.65. The summed E-state index contributed by atoms with van der Waals surface area (Å²) in [6.07, 6.45) is 0. The van der Waals surface area contributed by atoms with E-state index in [2.05, 4.69) is 0 Å². The van der Waals surface area contributed by atoms with Gasteiger partial charge in [-0.1, -0.05) is 6.92 Å². The molecule has 0 aliphatic carbocycles. The molecule has 0 fully saturated rings. The van der Waals surface area contributed by atoms with E-state index in [9.17, 15) is 0 Å². The average molecular weight is 168 g/mol. The number of nitrogens with two attached hydrogens (primary N) is 1. The van der Waals surface area contributed by atoms with Crippen LogP contribution in [0.25, 0.3) is 0 Å². The van der Waals surface area contributed by atoms with E-state index in [1.54, 1.807) is 0 Å². The van der Waals surface area contributed by atoms with E-state index in [0.717, 1.165) is 6.54 Å². The molecular formula is C2H13BCl3N. The summed E-state index contributed by atoms with van der Waals surface area (Å²) in [6, 6.07) is 0. The Morgan fingerprint density at radius 1 is 1.14 bits per heavy atom. The van der Waals surface area contributed by atoms with Crippen LogP contribution < -0.4 is 5.73 Å². The quantitative estimate of drug-likeness (QED) is 0.508. The Bertz CT molecular complexity index is 12.9. The van der Waals surface area contributed by atoms with E-state index in [4.69, 9.17) is 5.73 Å². The molecular weight excluding hydrogens is 155 g/mol. The predicted molar refractivity (Wildman–Crippen MR) is 46.4 cm³/mol. The second-order valence-corrected chi connectivity index (χ2v) is 0.408. The molecule has 0 saturated heterocycles. The van der Waals surface area contributed by atoms with E-state index >= 15 is 0 Å². The smallest absolute Gasteiger partial charge is 0.0814 e. The lowest BCUT2D eigenvalue weighted by Crippen LogP contribution is -1.87. The Morgan fingerprint density at radius 2 is 1.14 bits per heavy atom. The van der Waals surface area contributed by atoms with Crippen LogP contribution in [-0.4, -0.2) is 15.0 Å². The third-order valence-electron chi connectivity index (χ3n) is 0. The Labute approximate surface area is 65.2 Å². The number of halogens is 3. The van der Waals surface area contributed by atoms with Gasteiger partial charge in [0, 0.05) is 0 Å². The molecule has 0 saturated carbocycles. The molecule has 0 heterocycles. The van der Waals surface area contributed by atoms with E-state index in [1.165, 1.54) is 0 Å². The number of rotatable bonds is 0. The minimum Gasteiger partial charge on any atom is -0.331 e. The minimum atomic E-state index is 0. The van der Waals surface area contributed by atoms with Crippen molar-refractivity contribution in [2.75, 3.05) is 6.54 Å². The standard InChI is InChI=1S/C2H7N.BH3.3ClH/c1-2-3;;;;/h2-3H2,1H3;1H3;3*1H. The molecule has 0 rings (SSSR count). The second kappa shape index (κ2) is 66.7. The van der Waals surface area contributed by atoms with Gasteiger partial charge in [-0.2, -0.15) is 0 Å². The lowest BCUT2D eigenvalue weighted by molar-refractivity contribution is 1.14. The van der Waals surface area contributed by atoms with E-state index in [1.807, 2.05) is 6.92 Å². The van der Waals surface area contributed by atoms with Gasteiger partial charge in [-0.15, -0.1) is 37.2 Å². The van der Waals surface area contributed by atoms with Crippen LogP contribution in [0.1, 0.15) is 6.92 Å². The fourth-order valence-electron chi connectivity index (χ4n) is 0. The number of hydrogen-bond acceptors (Lipinski definition) is 1. The fraction of sp³-hybridized carbons (Fsp3) is 1.00. The highest BCUT2D eigenvalue weighted by atomic mass is 35.5. The predicted octanol–water partition coefficient (Wildman–Crippen LogP) is 0.0465. The molecule has 2 N–H and O–H groups in total. The molecule has 50 valence electrons. The fourth-order valence-corrected chi connectivity index (χ4v) is 0. The van der Waals surface area contributed by atoms with Gasteiger partial charge in [0.05, 0.1) is 8.41 Å². The highest BCUT2D eigenvalue weighted by Crippen LogP contribution is 1.20. The summed E-state index contributed by atoms with van der Waals surface area (Å²) >= 11 is 0. The highest BCUT2D eigenvalue weighted by molar-refractivity contribution is 5.86. The SMILES string of the molecule is B.CCN.Cl.Cl.Cl. The van der Waals surface area contributed by atoms with Gasteiger partial charge in [-0.3, -0.25) is 0 Å². The highest BCUT2D eigenvalue weighted by Gasteiger charge is 1.32. The van der Waals surface area contributed by atoms with Crippen molar-refractivity contribution in [1.82, 2.24) is 0 Å². The summed E-state index contributed by atoms with van der Waals surface area (Å²) < 4.78 is 0. The maximum Gasteiger partial charge on any atom is 0.0814 e. The molecule has 5 heteroatoms. The topological polar surface area (TPSA) is 26.0 Å². The van der Waals surface area contributed by atoms with Gasteiger partial charge in [0.25, 0.3) is 0 Å². The first kappa shape index (κ1) is 44.8. The van der Waals surface area contributed by atoms with Crippen LogP contribution in [0.5, 0.6) is 0 Å². The Balaban J connectivity index is -0.00000000333. The monoisotopic (exact) mass is 167 g/mol. The maximum atomic E-state index is 4.85. The molecule has 7 heavy (non-hydrogen) atoms. The van der Waals surface area contributed by atoms with Gasteiger partial charge in [0.1, 0.15) is 0 Å². The van der Waals surface area contributed by atoms with Crippen molar-refractivity contribution in [3.63, 3.8) is 0 Å². The summed E-state index contributed by atoms with van der Waals surface area (Å²) in [5, 5.41) is 0. The van der Waals surface area contributed by atoms with Crippen molar-refractivity contribution in [2.45, 2.75) is 6.92 Å². The molecule has 0 unspecified atom stereocenters. The van der Waals surface area contributed by atoms with Crippen LogP contribution in [0.3, 0.4) is 0 Å². The van der Waals surface area contributed by atoms with Gasteiger partial charge >= 0.3 is 0 Å². The maximum absolute atomic E-state index is 4.85. The van der Waals surface area contributed by atoms with Gasteiger partial charge in [0.2, 0.25) is 0 Å². The lowest BCUT2D eigenvalue weighted by atomic mass is 10.8. The van der Waals surface area contributed by atoms with Crippen molar-refractivity contribution < 1.29 is 0 Å². The first-order chi connectivity index (χ1) is 1.41. The van der Waals surface area contributed by atoms with E-state index < -0.39 is 0 Å². The first-order valence-corrected chi connectivity index (χ1v) is 1.12. The average Bonchev–Trinajstić information content (AvgIpc) is 0.918. The van der Waals surface area contributed by atoms with Crippen molar-refractivity contribution >= 4 is 45.6 Å². The Morgan fingerprint density at radius 3 is 1.14 bits per heavy atom. The van der Waals surface area contributed by atoms with Gasteiger partial charge in [-0.25, -0.2) is 0 Å². The summed E-state index contributed by atoms with van der Waals surface area (Å²) in [5.41, 5.74) is 4.85. The van der Waals surface area contributed by atoms with E-state index in [-0.39, 0.29) is 45.6 Å². The van der Waals surface area contributed by atoms with Gasteiger partial charge in [-0.05, 0) is 6.54 Å².